The third kappa shape index (κ3) is 2.96. The largest absolute Gasteiger partial charge is 0.507 e. The maximum atomic E-state index is 10.5. The second kappa shape index (κ2) is 6.39. The zero-order valence-electron chi connectivity index (χ0n) is 11.5. The summed E-state index contributed by atoms with van der Waals surface area (Å²) >= 11 is 0. The Morgan fingerprint density at radius 1 is 1.05 bits per heavy atom. The minimum atomic E-state index is 0.346. The average molecular weight is 256 g/mol. The van der Waals surface area contributed by atoms with E-state index in [0.717, 1.165) is 29.5 Å². The number of hydrogen-bond acceptors (Lipinski definition) is 2. The first-order chi connectivity index (χ1) is 9.27. The van der Waals surface area contributed by atoms with E-state index >= 15 is 0 Å². The average Bonchev–Trinajstić information content (AvgIpc) is 2.44. The fraction of sp³-hybridized carbons (Fsp3) is 0.294. The van der Waals surface area contributed by atoms with Gasteiger partial charge in [0.15, 0.2) is 0 Å². The van der Waals surface area contributed by atoms with Crippen molar-refractivity contribution in [3.05, 3.63) is 53.6 Å². The quantitative estimate of drug-likeness (QED) is 0.870. The van der Waals surface area contributed by atoms with E-state index < -0.39 is 0 Å². The summed E-state index contributed by atoms with van der Waals surface area (Å²) in [6.07, 6.45) is 2.02. The Balaban J connectivity index is 2.50. The SMILES string of the molecule is CCCc1ccc(-c2ccccc2)c(O)c1COC. The molecule has 0 aliphatic carbocycles. The van der Waals surface area contributed by atoms with Crippen LogP contribution in [0.15, 0.2) is 42.5 Å². The number of hydrogen-bond donors (Lipinski definition) is 1. The van der Waals surface area contributed by atoms with Crippen molar-refractivity contribution in [2.45, 2.75) is 26.4 Å². The summed E-state index contributed by atoms with van der Waals surface area (Å²) in [5, 5.41) is 10.5. The Morgan fingerprint density at radius 2 is 1.79 bits per heavy atom. The van der Waals surface area contributed by atoms with Gasteiger partial charge in [0.2, 0.25) is 0 Å². The maximum absolute atomic E-state index is 10.5. The second-order valence-electron chi connectivity index (χ2n) is 4.65. The van der Waals surface area contributed by atoms with Gasteiger partial charge in [-0.3, -0.25) is 0 Å². The van der Waals surface area contributed by atoms with Crippen molar-refractivity contribution in [1.29, 1.82) is 0 Å². The number of ether oxygens (including phenoxy) is 1. The van der Waals surface area contributed by atoms with Gasteiger partial charge in [0.05, 0.1) is 6.61 Å². The summed E-state index contributed by atoms with van der Waals surface area (Å²) in [7, 11) is 1.66. The lowest BCUT2D eigenvalue weighted by atomic mass is 9.95. The molecule has 19 heavy (non-hydrogen) atoms. The van der Waals surface area contributed by atoms with Gasteiger partial charge in [-0.2, -0.15) is 0 Å². The number of phenols is 1. The highest BCUT2D eigenvalue weighted by Gasteiger charge is 2.13. The van der Waals surface area contributed by atoms with Gasteiger partial charge in [0.1, 0.15) is 5.75 Å². The first kappa shape index (κ1) is 13.6. The Morgan fingerprint density at radius 3 is 2.42 bits per heavy atom. The molecule has 1 N–H and O–H groups in total. The van der Waals surface area contributed by atoms with Crippen LogP contribution in [0.4, 0.5) is 0 Å². The van der Waals surface area contributed by atoms with E-state index in [0.29, 0.717) is 12.4 Å². The van der Waals surface area contributed by atoms with Crippen molar-refractivity contribution in [2.75, 3.05) is 7.11 Å². The molecule has 2 aromatic rings. The maximum Gasteiger partial charge on any atom is 0.129 e. The molecule has 0 fully saturated rings. The lowest BCUT2D eigenvalue weighted by Gasteiger charge is -2.14. The van der Waals surface area contributed by atoms with Crippen LogP contribution in [0.3, 0.4) is 0 Å². The first-order valence-corrected chi connectivity index (χ1v) is 6.66. The molecule has 0 unspecified atom stereocenters. The van der Waals surface area contributed by atoms with Crippen LogP contribution in [0.25, 0.3) is 11.1 Å². The van der Waals surface area contributed by atoms with Crippen molar-refractivity contribution in [1.82, 2.24) is 0 Å². The zero-order chi connectivity index (χ0) is 13.7. The van der Waals surface area contributed by atoms with Crippen LogP contribution in [0.1, 0.15) is 24.5 Å². The fourth-order valence-electron chi connectivity index (χ4n) is 2.34. The smallest absolute Gasteiger partial charge is 0.129 e. The van der Waals surface area contributed by atoms with E-state index in [-0.39, 0.29) is 0 Å². The van der Waals surface area contributed by atoms with E-state index in [1.165, 1.54) is 5.56 Å². The van der Waals surface area contributed by atoms with Crippen LogP contribution in [-0.4, -0.2) is 12.2 Å². The Kier molecular flexibility index (Phi) is 4.58. The number of aromatic hydroxyl groups is 1. The highest BCUT2D eigenvalue weighted by atomic mass is 16.5. The molecule has 0 aromatic heterocycles. The molecule has 0 saturated heterocycles. The van der Waals surface area contributed by atoms with E-state index in [1.54, 1.807) is 7.11 Å². The van der Waals surface area contributed by atoms with Gasteiger partial charge in [0, 0.05) is 18.2 Å². The first-order valence-electron chi connectivity index (χ1n) is 6.66. The summed E-state index contributed by atoms with van der Waals surface area (Å²) in [5.74, 6) is 0.346. The lowest BCUT2D eigenvalue weighted by molar-refractivity contribution is 0.181. The molecule has 0 radical (unpaired) electrons. The molecule has 0 aliphatic rings. The molecule has 0 aliphatic heterocycles. The molecule has 0 heterocycles. The van der Waals surface area contributed by atoms with Crippen LogP contribution < -0.4 is 0 Å². The molecule has 0 atom stereocenters. The predicted octanol–water partition coefficient (Wildman–Crippen LogP) is 4.16. The number of benzene rings is 2. The number of methoxy groups -OCH3 is 1. The van der Waals surface area contributed by atoms with Crippen LogP contribution in [-0.2, 0) is 17.8 Å². The standard InChI is InChI=1S/C17H20O2/c1-3-7-13-10-11-15(14-8-5-4-6-9-14)17(18)16(13)12-19-2/h4-6,8-11,18H,3,7,12H2,1-2H3. The van der Waals surface area contributed by atoms with Crippen molar-refractivity contribution in [3.63, 3.8) is 0 Å². The van der Waals surface area contributed by atoms with Crippen molar-refractivity contribution >= 4 is 0 Å². The molecular weight excluding hydrogens is 236 g/mol. The molecule has 2 rings (SSSR count). The van der Waals surface area contributed by atoms with E-state index in [4.69, 9.17) is 4.74 Å². The summed E-state index contributed by atoms with van der Waals surface area (Å²) in [6.45, 7) is 2.58. The zero-order valence-corrected chi connectivity index (χ0v) is 11.5. The summed E-state index contributed by atoms with van der Waals surface area (Å²) in [6, 6.07) is 14.0. The molecule has 0 amide bonds. The van der Waals surface area contributed by atoms with Crippen molar-refractivity contribution < 1.29 is 9.84 Å². The Bertz CT molecular complexity index is 532. The topological polar surface area (TPSA) is 29.5 Å². The highest BCUT2D eigenvalue weighted by Crippen LogP contribution is 2.35. The number of aryl methyl sites for hydroxylation is 1. The predicted molar refractivity (Wildman–Crippen MR) is 78.3 cm³/mol. The molecule has 2 nitrogen and oxygen atoms in total. The van der Waals surface area contributed by atoms with Gasteiger partial charge in [-0.25, -0.2) is 0 Å². The van der Waals surface area contributed by atoms with Crippen LogP contribution in [0, 0.1) is 0 Å². The van der Waals surface area contributed by atoms with E-state index in [9.17, 15) is 5.11 Å². The second-order valence-corrected chi connectivity index (χ2v) is 4.65. The summed E-state index contributed by atoms with van der Waals surface area (Å²) in [5.41, 5.74) is 3.97. The molecule has 100 valence electrons. The Hall–Kier alpha value is -1.80. The number of phenolic OH excluding ortho intramolecular Hbond substituents is 1. The Labute approximate surface area is 114 Å². The molecule has 0 spiro atoms. The van der Waals surface area contributed by atoms with Gasteiger partial charge in [-0.15, -0.1) is 0 Å². The summed E-state index contributed by atoms with van der Waals surface area (Å²) in [4.78, 5) is 0. The van der Waals surface area contributed by atoms with Gasteiger partial charge >= 0.3 is 0 Å². The third-order valence-corrected chi connectivity index (χ3v) is 3.27. The monoisotopic (exact) mass is 256 g/mol. The molecule has 0 saturated carbocycles. The molecular formula is C17H20O2. The van der Waals surface area contributed by atoms with Gasteiger partial charge in [0.25, 0.3) is 0 Å². The van der Waals surface area contributed by atoms with Gasteiger partial charge in [-0.05, 0) is 17.5 Å². The molecule has 2 aromatic carbocycles. The molecule has 0 bridgehead atoms. The minimum Gasteiger partial charge on any atom is -0.507 e. The fourth-order valence-corrected chi connectivity index (χ4v) is 2.34. The summed E-state index contributed by atoms with van der Waals surface area (Å²) < 4.78 is 5.23. The number of rotatable bonds is 5. The van der Waals surface area contributed by atoms with Crippen LogP contribution >= 0.6 is 0 Å². The van der Waals surface area contributed by atoms with Crippen LogP contribution in [0.5, 0.6) is 5.75 Å². The third-order valence-electron chi connectivity index (χ3n) is 3.27. The van der Waals surface area contributed by atoms with Crippen LogP contribution in [0.2, 0.25) is 0 Å². The van der Waals surface area contributed by atoms with Gasteiger partial charge in [-0.1, -0.05) is 55.8 Å². The lowest BCUT2D eigenvalue weighted by Crippen LogP contribution is -1.98. The molecule has 2 heteroatoms. The minimum absolute atomic E-state index is 0.346. The normalized spacial score (nSPS) is 10.6. The van der Waals surface area contributed by atoms with Crippen molar-refractivity contribution in [3.8, 4) is 16.9 Å². The van der Waals surface area contributed by atoms with E-state index in [2.05, 4.69) is 13.0 Å². The highest BCUT2D eigenvalue weighted by molar-refractivity contribution is 5.72. The van der Waals surface area contributed by atoms with E-state index in [1.807, 2.05) is 36.4 Å². The van der Waals surface area contributed by atoms with Gasteiger partial charge < -0.3 is 9.84 Å². The van der Waals surface area contributed by atoms with Crippen molar-refractivity contribution in [2.24, 2.45) is 0 Å².